The van der Waals surface area contributed by atoms with Gasteiger partial charge in [-0.1, -0.05) is 176 Å². The van der Waals surface area contributed by atoms with Crippen molar-refractivity contribution in [2.24, 2.45) is 23.7 Å². The number of thiazole rings is 1. The molecule has 510 valence electrons. The van der Waals surface area contributed by atoms with Gasteiger partial charge in [0.15, 0.2) is 6.39 Å². The molecule has 1 aromatic carbocycles. The van der Waals surface area contributed by atoms with Crippen LogP contribution in [0, 0.1) is 23.7 Å². The monoisotopic (exact) mass is 1290 g/mol. The Kier molecular flexibility index (Phi) is 66.9. The van der Waals surface area contributed by atoms with Gasteiger partial charge in [-0.2, -0.15) is 23.5 Å². The Balaban J connectivity index is -0.000000902. The molecular formula is C77H135N5O4S3. The molecule has 6 aromatic heterocycles. The van der Waals surface area contributed by atoms with Crippen molar-refractivity contribution < 1.29 is 18.3 Å². The van der Waals surface area contributed by atoms with E-state index in [1.165, 1.54) is 119 Å². The Morgan fingerprint density at radius 2 is 0.876 bits per heavy atom. The Bertz CT molecular complexity index is 1890. The highest BCUT2D eigenvalue weighted by Gasteiger charge is 2.51. The molecule has 14 heterocycles. The van der Waals surface area contributed by atoms with Crippen molar-refractivity contribution in [2.75, 3.05) is 0 Å². The molecule has 10 aliphatic rings. The van der Waals surface area contributed by atoms with Crippen molar-refractivity contribution in [3.8, 4) is 0 Å². The number of ether oxygens (including phenoxy) is 2. The number of H-pyrrole nitrogens is 2. The van der Waals surface area contributed by atoms with Crippen LogP contribution in [0.1, 0.15) is 254 Å². The summed E-state index contributed by atoms with van der Waals surface area (Å²) in [5, 5.41) is 7.60. The van der Waals surface area contributed by atoms with E-state index < -0.39 is 0 Å². The van der Waals surface area contributed by atoms with E-state index >= 15 is 0 Å². The molecule has 2 N–H and O–H groups in total. The molecule has 7 aromatic rings. The van der Waals surface area contributed by atoms with Crippen LogP contribution in [0.15, 0.2) is 161 Å². The molecule has 10 fully saturated rings. The molecule has 8 unspecified atom stereocenters. The summed E-state index contributed by atoms with van der Waals surface area (Å²) in [6, 6.07) is 23.6. The third kappa shape index (κ3) is 38.5. The first-order valence-corrected chi connectivity index (χ1v) is 38.8. The number of para-hydroxylation sites is 1. The summed E-state index contributed by atoms with van der Waals surface area (Å²) in [5.74, 6) is 4.31. The number of rotatable bonds is 0. The lowest BCUT2D eigenvalue weighted by atomic mass is 9.82. The van der Waals surface area contributed by atoms with Crippen LogP contribution in [-0.4, -0.2) is 70.3 Å². The maximum atomic E-state index is 5.84. The zero-order valence-corrected chi connectivity index (χ0v) is 62.7. The summed E-state index contributed by atoms with van der Waals surface area (Å²) in [6.45, 7) is 40.0. The summed E-state index contributed by atoms with van der Waals surface area (Å²) in [4.78, 5) is 17.1. The number of aromatic amines is 2. The fraction of sp³-hybridized carbons (Fsp3) is 0.649. The van der Waals surface area contributed by atoms with Gasteiger partial charge in [-0.3, -0.25) is 9.97 Å². The second kappa shape index (κ2) is 66.8. The fourth-order valence-electron chi connectivity index (χ4n) is 11.8. The highest BCUT2D eigenvalue weighted by Crippen LogP contribution is 2.59. The van der Waals surface area contributed by atoms with E-state index in [0.717, 1.165) is 32.8 Å². The second-order valence-corrected chi connectivity index (χ2v) is 23.1. The van der Waals surface area contributed by atoms with Crippen molar-refractivity contribution in [1.82, 2.24) is 24.9 Å². The maximum Gasteiger partial charge on any atom is 0.180 e. The van der Waals surface area contributed by atoms with Gasteiger partial charge < -0.3 is 28.3 Å². The highest BCUT2D eigenvalue weighted by molar-refractivity contribution is 8.01. The predicted molar refractivity (Wildman–Crippen MR) is 399 cm³/mol. The molecule has 12 heteroatoms. The molecule has 8 bridgehead atoms. The summed E-state index contributed by atoms with van der Waals surface area (Å²) >= 11 is 6.16. The average Bonchev–Trinajstić information content (AvgIpc) is 1.76. The van der Waals surface area contributed by atoms with E-state index in [1.54, 1.807) is 86.3 Å². The topological polar surface area (TPSA) is 115 Å². The molecule has 9 nitrogen and oxygen atoms in total. The molecule has 2 aliphatic carbocycles. The first-order chi connectivity index (χ1) is 44.3. The number of pyridine rings is 1. The van der Waals surface area contributed by atoms with Crippen LogP contribution < -0.4 is 0 Å². The summed E-state index contributed by atoms with van der Waals surface area (Å²) in [5.41, 5.74) is 3.00. The van der Waals surface area contributed by atoms with E-state index in [4.69, 9.17) is 9.47 Å². The second-order valence-electron chi connectivity index (χ2n) is 19.3. The number of furan rings is 1. The van der Waals surface area contributed by atoms with Crippen LogP contribution in [0.3, 0.4) is 0 Å². The highest BCUT2D eigenvalue weighted by atomic mass is 32.2. The largest absolute Gasteiger partial charge is 0.473 e. The van der Waals surface area contributed by atoms with Gasteiger partial charge in [0, 0.05) is 69.1 Å². The number of fused-ring (bicyclic) bond motifs is 15. The minimum Gasteiger partial charge on any atom is -0.473 e. The summed E-state index contributed by atoms with van der Waals surface area (Å²) in [6.07, 6.45) is 47.8. The predicted octanol–water partition coefficient (Wildman–Crippen LogP) is 25.6. The first kappa shape index (κ1) is 89.1. The zero-order valence-electron chi connectivity index (χ0n) is 60.3. The smallest absolute Gasteiger partial charge is 0.180 e. The Hall–Kier alpha value is -4.07. The van der Waals surface area contributed by atoms with Gasteiger partial charge in [0.2, 0.25) is 0 Å². The zero-order chi connectivity index (χ0) is 67.0. The van der Waals surface area contributed by atoms with Crippen molar-refractivity contribution in [3.05, 3.63) is 152 Å². The number of nitrogens with one attached hydrogen (secondary N) is 2. The van der Waals surface area contributed by atoms with E-state index in [2.05, 4.69) is 75.5 Å². The Labute approximate surface area is 560 Å². The number of hydrogen-bond donors (Lipinski definition) is 2. The van der Waals surface area contributed by atoms with Crippen LogP contribution in [0.2, 0.25) is 0 Å². The van der Waals surface area contributed by atoms with E-state index in [9.17, 15) is 0 Å². The van der Waals surface area contributed by atoms with Crippen LogP contribution in [0.25, 0.3) is 10.9 Å². The minimum absolute atomic E-state index is 0.671. The van der Waals surface area contributed by atoms with Gasteiger partial charge in [-0.05, 0) is 180 Å². The minimum atomic E-state index is 0.671. The van der Waals surface area contributed by atoms with Gasteiger partial charge >= 0.3 is 0 Å². The van der Waals surface area contributed by atoms with E-state index in [-0.39, 0.29) is 0 Å². The molecule has 89 heavy (non-hydrogen) atoms. The average molecular weight is 1290 g/mol. The number of nitrogens with zero attached hydrogens (tertiary/aromatic N) is 3. The molecule has 2 saturated carbocycles. The summed E-state index contributed by atoms with van der Waals surface area (Å²) in [7, 11) is 0. The molecule has 17 rings (SSSR count). The molecule has 0 spiro atoms. The van der Waals surface area contributed by atoms with E-state index in [0.29, 0.717) is 24.4 Å². The van der Waals surface area contributed by atoms with Gasteiger partial charge in [-0.25, -0.2) is 4.98 Å². The van der Waals surface area contributed by atoms with Gasteiger partial charge in [0.1, 0.15) is 6.26 Å². The molecule has 8 atom stereocenters. The molecule has 8 saturated heterocycles. The standard InChI is InChI=1S/C9H14O.C9H14S.C8H7N.C6H10O.C6H10S.C5H5N.C4H5N.C4H4O.C3H3NO.C3H3NS.10C2H6/c2*1-2-6-7(3-1)9-5-4-8(6)10-9;1-2-4-8-7(3-1)5-6-9-8;2*1-2-6-4-3-5(1)7-6;1-2-4-6-5-3-1;2*1-2-4-5-3-1;2*1-2-5-3-4-1;10*1-2/h2*6-9H,1-5H2;1-6,9H;2*5-6H,1-4H2;1-5H;1-5H;1-4H;2*1-3H;10*1-2H3. The molecule has 0 amide bonds. The number of thioether (sulfide) groups is 2. The lowest BCUT2D eigenvalue weighted by Gasteiger charge is -2.21. The van der Waals surface area contributed by atoms with Crippen molar-refractivity contribution in [1.29, 1.82) is 0 Å². The van der Waals surface area contributed by atoms with Crippen LogP contribution in [0.4, 0.5) is 0 Å². The van der Waals surface area contributed by atoms with Crippen LogP contribution in [0.5, 0.6) is 0 Å². The van der Waals surface area contributed by atoms with Crippen LogP contribution >= 0.6 is 34.9 Å². The van der Waals surface area contributed by atoms with Crippen molar-refractivity contribution in [2.45, 2.75) is 299 Å². The Morgan fingerprint density at radius 3 is 1.17 bits per heavy atom. The number of hydrogen-bond acceptors (Lipinski definition) is 10. The lowest BCUT2D eigenvalue weighted by molar-refractivity contribution is 0.0814. The lowest BCUT2D eigenvalue weighted by Crippen LogP contribution is -2.21. The number of aromatic nitrogens is 5. The molecule has 0 radical (unpaired) electrons. The number of oxazole rings is 1. The van der Waals surface area contributed by atoms with Crippen LogP contribution in [-0.2, 0) is 9.47 Å². The quantitative estimate of drug-likeness (QED) is 0.153. The van der Waals surface area contributed by atoms with Crippen molar-refractivity contribution in [3.63, 3.8) is 0 Å². The first-order valence-electron chi connectivity index (χ1n) is 35.9. The number of benzene rings is 1. The van der Waals surface area contributed by atoms with Crippen molar-refractivity contribution >= 4 is 45.8 Å². The maximum absolute atomic E-state index is 5.84. The fourth-order valence-corrected chi connectivity index (χ4v) is 15.9. The van der Waals surface area contributed by atoms with E-state index in [1.807, 2.05) is 217 Å². The van der Waals surface area contributed by atoms with Gasteiger partial charge in [0.05, 0.1) is 48.6 Å². The SMILES string of the molecule is C1CC2C3CCC(O3)C2C1.C1CC2C3CCC(S3)C2C1.C1CC2CCC1O2.C1CC2CCC1S2.CC.CC.CC.CC.CC.CC.CC.CC.CC.CC.c1cc[nH]c1.c1ccc2[nH]ccc2c1.c1ccncc1.c1ccoc1.c1cocn1.c1cscn1. The third-order valence-electron chi connectivity index (χ3n) is 15.0. The normalized spacial score (nSPS) is 24.5. The van der Waals surface area contributed by atoms with Gasteiger partial charge in [0.25, 0.3) is 0 Å². The van der Waals surface area contributed by atoms with Gasteiger partial charge in [-0.15, -0.1) is 11.3 Å². The Morgan fingerprint density at radius 1 is 0.382 bits per heavy atom. The third-order valence-corrected chi connectivity index (χ3v) is 19.1. The summed E-state index contributed by atoms with van der Waals surface area (Å²) < 4.78 is 20.4. The molecular weight excluding hydrogens is 1160 g/mol. The molecule has 8 aliphatic heterocycles.